The van der Waals surface area contributed by atoms with Crippen LogP contribution in [0.4, 0.5) is 0 Å². The second-order valence-corrected chi connectivity index (χ2v) is 7.72. The van der Waals surface area contributed by atoms with Crippen LogP contribution in [-0.4, -0.2) is 35.6 Å². The van der Waals surface area contributed by atoms with E-state index >= 15 is 0 Å². The number of aliphatic carboxylic acids is 1. The Bertz CT molecular complexity index is 824. The van der Waals surface area contributed by atoms with Crippen molar-refractivity contribution < 1.29 is 14.6 Å². The maximum Gasteiger partial charge on any atom is 0.303 e. The van der Waals surface area contributed by atoms with Crippen LogP contribution in [0.3, 0.4) is 0 Å². The first-order chi connectivity index (χ1) is 13.7. The highest BCUT2D eigenvalue weighted by Crippen LogP contribution is 2.43. The number of benzene rings is 2. The number of ether oxygens (including phenoxy) is 1. The Labute approximate surface area is 178 Å². The standard InChI is InChI=1S/C24H27NO3.ClH/c26-24(27)12-11-18-13-16-25(17-14-18)15-5-8-19-20-6-1-3-9-22(20)28-23-10-4-2-7-21(19)23;/h1-4,6-10,18H,5,11-17H2,(H,26,27);1H. The van der Waals surface area contributed by atoms with E-state index in [4.69, 9.17) is 9.84 Å². The van der Waals surface area contributed by atoms with Crippen molar-refractivity contribution in [2.24, 2.45) is 5.92 Å². The molecule has 0 bridgehead atoms. The highest BCUT2D eigenvalue weighted by Gasteiger charge is 2.22. The van der Waals surface area contributed by atoms with E-state index < -0.39 is 5.97 Å². The van der Waals surface area contributed by atoms with Gasteiger partial charge >= 0.3 is 5.97 Å². The lowest BCUT2D eigenvalue weighted by atomic mass is 9.91. The smallest absolute Gasteiger partial charge is 0.303 e. The molecule has 2 heterocycles. The first-order valence-electron chi connectivity index (χ1n) is 10.2. The highest BCUT2D eigenvalue weighted by molar-refractivity contribution is 5.87. The molecule has 0 amide bonds. The molecule has 0 unspecified atom stereocenters. The first-order valence-corrected chi connectivity index (χ1v) is 10.2. The van der Waals surface area contributed by atoms with E-state index in [-0.39, 0.29) is 12.4 Å². The Morgan fingerprint density at radius 2 is 1.62 bits per heavy atom. The maximum absolute atomic E-state index is 10.7. The van der Waals surface area contributed by atoms with Crippen LogP contribution in [0.25, 0.3) is 5.57 Å². The van der Waals surface area contributed by atoms with Gasteiger partial charge in [0.05, 0.1) is 0 Å². The van der Waals surface area contributed by atoms with Crippen LogP contribution >= 0.6 is 12.4 Å². The fraction of sp³-hybridized carbons (Fsp3) is 0.375. The van der Waals surface area contributed by atoms with Crippen molar-refractivity contribution in [2.45, 2.75) is 32.1 Å². The molecular weight excluding hydrogens is 386 g/mol. The van der Waals surface area contributed by atoms with E-state index in [1.165, 1.54) is 5.57 Å². The number of piperidine rings is 1. The van der Waals surface area contributed by atoms with Gasteiger partial charge in [0.25, 0.3) is 0 Å². The molecule has 1 fully saturated rings. The molecule has 0 atom stereocenters. The Morgan fingerprint density at radius 3 is 2.21 bits per heavy atom. The van der Waals surface area contributed by atoms with E-state index in [0.717, 1.165) is 67.9 Å². The number of halogens is 1. The minimum Gasteiger partial charge on any atom is -0.481 e. The van der Waals surface area contributed by atoms with Gasteiger partial charge in [-0.15, -0.1) is 12.4 Å². The number of fused-ring (bicyclic) bond motifs is 2. The van der Waals surface area contributed by atoms with Gasteiger partial charge in [-0.1, -0.05) is 42.5 Å². The predicted octanol–water partition coefficient (Wildman–Crippen LogP) is 5.61. The Morgan fingerprint density at radius 1 is 1.03 bits per heavy atom. The molecule has 5 heteroatoms. The minimum atomic E-state index is -0.675. The molecule has 29 heavy (non-hydrogen) atoms. The summed E-state index contributed by atoms with van der Waals surface area (Å²) in [6.07, 6.45) is 6.69. The lowest BCUT2D eigenvalue weighted by Crippen LogP contribution is -2.34. The van der Waals surface area contributed by atoms with Crippen molar-refractivity contribution in [3.63, 3.8) is 0 Å². The average Bonchev–Trinajstić information content (AvgIpc) is 2.72. The van der Waals surface area contributed by atoms with E-state index in [1.54, 1.807) is 0 Å². The predicted molar refractivity (Wildman–Crippen MR) is 118 cm³/mol. The zero-order valence-electron chi connectivity index (χ0n) is 16.5. The number of carbonyl (C=O) groups is 1. The van der Waals surface area contributed by atoms with Gasteiger partial charge < -0.3 is 14.7 Å². The number of hydrogen-bond acceptors (Lipinski definition) is 3. The second kappa shape index (κ2) is 9.95. The largest absolute Gasteiger partial charge is 0.481 e. The number of carboxylic acid groups (broad SMARTS) is 1. The van der Waals surface area contributed by atoms with Crippen molar-refractivity contribution in [3.05, 3.63) is 65.7 Å². The molecule has 0 radical (unpaired) electrons. The lowest BCUT2D eigenvalue weighted by Gasteiger charge is -2.31. The molecule has 1 N–H and O–H groups in total. The summed E-state index contributed by atoms with van der Waals surface area (Å²) in [5.74, 6) is 1.74. The summed E-state index contributed by atoms with van der Waals surface area (Å²) < 4.78 is 6.06. The van der Waals surface area contributed by atoms with Crippen molar-refractivity contribution in [1.29, 1.82) is 0 Å². The number of likely N-dealkylation sites (tertiary alicyclic amines) is 1. The van der Waals surface area contributed by atoms with Gasteiger partial charge in [0.2, 0.25) is 0 Å². The molecule has 4 nitrogen and oxygen atoms in total. The van der Waals surface area contributed by atoms with Crippen LogP contribution in [0.15, 0.2) is 54.6 Å². The van der Waals surface area contributed by atoms with Gasteiger partial charge in [0.1, 0.15) is 11.5 Å². The molecule has 154 valence electrons. The molecule has 0 aromatic heterocycles. The monoisotopic (exact) mass is 413 g/mol. The molecule has 0 aliphatic carbocycles. The molecule has 1 saturated heterocycles. The summed E-state index contributed by atoms with van der Waals surface area (Å²) >= 11 is 0. The Balaban J connectivity index is 0.00000240. The van der Waals surface area contributed by atoms with E-state index in [1.807, 2.05) is 24.3 Å². The molecule has 2 aromatic rings. The van der Waals surface area contributed by atoms with Crippen molar-refractivity contribution >= 4 is 23.9 Å². The van der Waals surface area contributed by atoms with E-state index in [0.29, 0.717) is 12.3 Å². The van der Waals surface area contributed by atoms with E-state index in [2.05, 4.69) is 35.2 Å². The van der Waals surface area contributed by atoms with Crippen molar-refractivity contribution in [3.8, 4) is 11.5 Å². The van der Waals surface area contributed by atoms with Crippen LogP contribution in [0.5, 0.6) is 11.5 Å². The third-order valence-corrected chi connectivity index (χ3v) is 5.84. The van der Waals surface area contributed by atoms with E-state index in [9.17, 15) is 4.79 Å². The van der Waals surface area contributed by atoms with Gasteiger partial charge in [0, 0.05) is 24.1 Å². The van der Waals surface area contributed by atoms with Crippen LogP contribution in [0, 0.1) is 5.92 Å². The van der Waals surface area contributed by atoms with Crippen LogP contribution in [0.2, 0.25) is 0 Å². The van der Waals surface area contributed by atoms with Crippen LogP contribution in [0.1, 0.15) is 43.2 Å². The van der Waals surface area contributed by atoms with Crippen LogP contribution < -0.4 is 4.74 Å². The highest BCUT2D eigenvalue weighted by atomic mass is 35.5. The fourth-order valence-electron chi connectivity index (χ4n) is 4.26. The molecule has 0 spiro atoms. The number of para-hydroxylation sites is 2. The molecule has 2 aliphatic heterocycles. The minimum absolute atomic E-state index is 0. The van der Waals surface area contributed by atoms with Crippen molar-refractivity contribution in [2.75, 3.05) is 19.6 Å². The number of rotatable bonds is 6. The molecule has 2 aliphatic rings. The normalized spacial score (nSPS) is 16.2. The fourth-order valence-corrected chi connectivity index (χ4v) is 4.26. The van der Waals surface area contributed by atoms with Gasteiger partial charge in [-0.25, -0.2) is 0 Å². The van der Waals surface area contributed by atoms with Gasteiger partial charge in [-0.3, -0.25) is 4.79 Å². The third-order valence-electron chi connectivity index (χ3n) is 5.84. The number of hydrogen-bond donors (Lipinski definition) is 1. The Hall–Kier alpha value is -2.30. The third kappa shape index (κ3) is 5.20. The summed E-state index contributed by atoms with van der Waals surface area (Å²) in [4.78, 5) is 13.3. The van der Waals surface area contributed by atoms with Crippen molar-refractivity contribution in [1.82, 2.24) is 4.90 Å². The molecule has 0 saturated carbocycles. The summed E-state index contributed by atoms with van der Waals surface area (Å²) in [7, 11) is 0. The molecule has 2 aromatic carbocycles. The number of nitrogens with zero attached hydrogens (tertiary/aromatic N) is 1. The Kier molecular flexibility index (Phi) is 7.34. The van der Waals surface area contributed by atoms with Gasteiger partial charge in [-0.05, 0) is 62.4 Å². The summed E-state index contributed by atoms with van der Waals surface area (Å²) in [6.45, 7) is 3.19. The van der Waals surface area contributed by atoms with Gasteiger partial charge in [-0.2, -0.15) is 0 Å². The zero-order valence-corrected chi connectivity index (χ0v) is 17.4. The quantitative estimate of drug-likeness (QED) is 0.570. The van der Waals surface area contributed by atoms with Gasteiger partial charge in [0.15, 0.2) is 0 Å². The average molecular weight is 414 g/mol. The first kappa shape index (κ1) is 21.4. The maximum atomic E-state index is 10.7. The molecular formula is C24H28ClNO3. The van der Waals surface area contributed by atoms with Crippen LogP contribution in [-0.2, 0) is 4.79 Å². The lowest BCUT2D eigenvalue weighted by molar-refractivity contribution is -0.137. The summed E-state index contributed by atoms with van der Waals surface area (Å²) in [5, 5.41) is 8.85. The second-order valence-electron chi connectivity index (χ2n) is 7.72. The summed E-state index contributed by atoms with van der Waals surface area (Å²) in [5.41, 5.74) is 3.58. The number of carboxylic acids is 1. The summed E-state index contributed by atoms with van der Waals surface area (Å²) in [6, 6.07) is 16.5. The molecule has 4 rings (SSSR count). The zero-order chi connectivity index (χ0) is 19.3. The SMILES string of the molecule is Cl.O=C(O)CCC1CCN(CCC=C2c3ccccc3Oc3ccccc32)CC1. The topological polar surface area (TPSA) is 49.8 Å².